The lowest BCUT2D eigenvalue weighted by Crippen LogP contribution is -2.05. The number of alkyl halides is 3. The van der Waals surface area contributed by atoms with Crippen molar-refractivity contribution in [2.45, 2.75) is 32.4 Å². The van der Waals surface area contributed by atoms with Crippen LogP contribution in [0.1, 0.15) is 29.5 Å². The van der Waals surface area contributed by atoms with Crippen molar-refractivity contribution < 1.29 is 13.2 Å². The second-order valence-electron chi connectivity index (χ2n) is 6.47. The third-order valence-corrected chi connectivity index (χ3v) is 4.69. The molecule has 26 heavy (non-hydrogen) atoms. The van der Waals surface area contributed by atoms with Crippen molar-refractivity contribution >= 4 is 22.5 Å². The number of benzene rings is 2. The first-order chi connectivity index (χ1) is 12.3. The zero-order chi connectivity index (χ0) is 18.9. The van der Waals surface area contributed by atoms with Crippen LogP contribution in [0.25, 0.3) is 22.2 Å². The van der Waals surface area contributed by atoms with Crippen molar-refractivity contribution in [2.75, 3.05) is 6.54 Å². The number of aryl methyl sites for hydroxylation is 2. The summed E-state index contributed by atoms with van der Waals surface area (Å²) in [7, 11) is 0. The fourth-order valence-corrected chi connectivity index (χ4v) is 3.51. The topological polar surface area (TPSA) is 41.8 Å². The van der Waals surface area contributed by atoms with Gasteiger partial charge in [0.1, 0.15) is 0 Å². The summed E-state index contributed by atoms with van der Waals surface area (Å²) >= 11 is 6.01. The van der Waals surface area contributed by atoms with Gasteiger partial charge in [-0.25, -0.2) is 0 Å². The molecule has 0 atom stereocenters. The molecule has 1 heterocycles. The van der Waals surface area contributed by atoms with Crippen LogP contribution >= 0.6 is 11.6 Å². The Hall–Kier alpha value is -1.98. The average molecular weight is 381 g/mol. The van der Waals surface area contributed by atoms with E-state index < -0.39 is 11.7 Å². The van der Waals surface area contributed by atoms with Crippen LogP contribution in [0.2, 0.25) is 5.02 Å². The van der Waals surface area contributed by atoms with Crippen LogP contribution in [0, 0.1) is 6.92 Å². The summed E-state index contributed by atoms with van der Waals surface area (Å²) in [5, 5.41) is 0.609. The summed E-state index contributed by atoms with van der Waals surface area (Å²) in [6.07, 6.45) is -2.23. The van der Waals surface area contributed by atoms with Crippen LogP contribution in [0.5, 0.6) is 0 Å². The summed E-state index contributed by atoms with van der Waals surface area (Å²) in [6.45, 7) is 2.51. The van der Waals surface area contributed by atoms with Crippen LogP contribution in [0.15, 0.2) is 36.4 Å². The second-order valence-corrected chi connectivity index (χ2v) is 6.90. The Morgan fingerprint density at radius 2 is 1.88 bits per heavy atom. The van der Waals surface area contributed by atoms with E-state index in [-0.39, 0.29) is 10.5 Å². The molecule has 0 saturated carbocycles. The van der Waals surface area contributed by atoms with Gasteiger partial charge in [0, 0.05) is 16.1 Å². The maximum atomic E-state index is 13.5. The molecular weight excluding hydrogens is 361 g/mol. The Labute approximate surface area is 155 Å². The molecule has 0 spiro atoms. The van der Waals surface area contributed by atoms with Gasteiger partial charge >= 0.3 is 6.18 Å². The highest BCUT2D eigenvalue weighted by Crippen LogP contribution is 2.41. The van der Waals surface area contributed by atoms with E-state index in [0.717, 1.165) is 35.6 Å². The summed E-state index contributed by atoms with van der Waals surface area (Å²) in [6, 6.07) is 10.3. The Balaban J connectivity index is 2.27. The molecule has 0 saturated heterocycles. The fourth-order valence-electron chi connectivity index (χ4n) is 3.29. The third-order valence-electron chi connectivity index (χ3n) is 4.47. The molecule has 2 nitrogen and oxygen atoms in total. The Morgan fingerprint density at radius 3 is 2.54 bits per heavy atom. The van der Waals surface area contributed by atoms with Crippen molar-refractivity contribution in [1.82, 2.24) is 4.98 Å². The van der Waals surface area contributed by atoms with Gasteiger partial charge < -0.3 is 10.7 Å². The minimum absolute atomic E-state index is 0.0830. The second kappa shape index (κ2) is 7.33. The van der Waals surface area contributed by atoms with E-state index in [0.29, 0.717) is 24.0 Å². The smallest absolute Gasteiger partial charge is 0.354 e. The normalized spacial score (nSPS) is 12.1. The molecule has 1 aromatic heterocycles. The van der Waals surface area contributed by atoms with Crippen molar-refractivity contribution in [3.05, 3.63) is 58.1 Å². The number of aromatic nitrogens is 1. The number of H-pyrrole nitrogens is 1. The lowest BCUT2D eigenvalue weighted by atomic mass is 9.98. The van der Waals surface area contributed by atoms with Crippen LogP contribution in [-0.4, -0.2) is 11.5 Å². The quantitative estimate of drug-likeness (QED) is 0.516. The van der Waals surface area contributed by atoms with Crippen molar-refractivity contribution in [2.24, 2.45) is 5.73 Å². The average Bonchev–Trinajstić information content (AvgIpc) is 2.92. The number of aromatic amines is 1. The van der Waals surface area contributed by atoms with Crippen LogP contribution in [0.3, 0.4) is 0 Å². The predicted molar refractivity (Wildman–Crippen MR) is 100 cm³/mol. The van der Waals surface area contributed by atoms with E-state index in [9.17, 15) is 13.2 Å². The predicted octanol–water partition coefficient (Wildman–Crippen LogP) is 6.10. The van der Waals surface area contributed by atoms with Crippen molar-refractivity contribution in [3.63, 3.8) is 0 Å². The number of halogens is 4. The molecule has 138 valence electrons. The summed E-state index contributed by atoms with van der Waals surface area (Å²) in [5.41, 5.74) is 8.41. The number of fused-ring (bicyclic) bond motifs is 1. The Morgan fingerprint density at radius 1 is 1.12 bits per heavy atom. The molecule has 0 aliphatic heterocycles. The lowest BCUT2D eigenvalue weighted by Gasteiger charge is -2.09. The molecule has 0 radical (unpaired) electrons. The molecule has 2 aromatic carbocycles. The zero-order valence-corrected chi connectivity index (χ0v) is 15.1. The SMILES string of the molecule is Cc1cccc(-c2[nH]c3c(C(F)(F)F)cc(Cl)cc3c2CCCCN)c1. The highest BCUT2D eigenvalue weighted by molar-refractivity contribution is 6.31. The van der Waals surface area contributed by atoms with E-state index in [1.165, 1.54) is 0 Å². The van der Waals surface area contributed by atoms with Gasteiger partial charge in [-0.05, 0) is 62.1 Å². The third kappa shape index (κ3) is 3.74. The molecule has 3 aromatic rings. The lowest BCUT2D eigenvalue weighted by molar-refractivity contribution is -0.136. The molecule has 0 aliphatic rings. The first kappa shape index (κ1) is 18.8. The molecule has 6 heteroatoms. The molecule has 3 N–H and O–H groups in total. The number of nitrogens with two attached hydrogens (primary N) is 1. The van der Waals surface area contributed by atoms with Crippen molar-refractivity contribution in [3.8, 4) is 11.3 Å². The molecule has 0 unspecified atom stereocenters. The highest BCUT2D eigenvalue weighted by atomic mass is 35.5. The summed E-state index contributed by atoms with van der Waals surface area (Å²) < 4.78 is 40.6. The maximum Gasteiger partial charge on any atom is 0.418 e. The van der Waals surface area contributed by atoms with Gasteiger partial charge in [-0.2, -0.15) is 13.2 Å². The number of rotatable bonds is 5. The first-order valence-electron chi connectivity index (χ1n) is 8.49. The van der Waals surface area contributed by atoms with E-state index in [2.05, 4.69) is 4.98 Å². The molecule has 0 bridgehead atoms. The number of hydrogen-bond acceptors (Lipinski definition) is 1. The summed E-state index contributed by atoms with van der Waals surface area (Å²) in [5.74, 6) is 0. The van der Waals surface area contributed by atoms with E-state index in [1.54, 1.807) is 6.07 Å². The standard InChI is InChI=1S/C20H20ClF3N2/c1-12-5-4-6-13(9-12)18-15(7-2-3-8-25)16-10-14(21)11-17(19(16)26-18)20(22,23)24/h4-6,9-11,26H,2-3,7-8,25H2,1H3. The number of unbranched alkanes of at least 4 members (excludes halogenated alkanes) is 1. The molecule has 3 rings (SSSR count). The van der Waals surface area contributed by atoms with Gasteiger partial charge in [-0.3, -0.25) is 0 Å². The molecule has 0 amide bonds. The molecule has 0 fully saturated rings. The van der Waals surface area contributed by atoms with Gasteiger partial charge in [0.05, 0.1) is 11.1 Å². The molecular formula is C20H20ClF3N2. The van der Waals surface area contributed by atoms with Gasteiger partial charge in [0.25, 0.3) is 0 Å². The fraction of sp³-hybridized carbons (Fsp3) is 0.300. The molecule has 0 aliphatic carbocycles. The summed E-state index contributed by atoms with van der Waals surface area (Å²) in [4.78, 5) is 3.03. The van der Waals surface area contributed by atoms with Gasteiger partial charge in [0.15, 0.2) is 0 Å². The first-order valence-corrected chi connectivity index (χ1v) is 8.87. The number of nitrogens with one attached hydrogen (secondary N) is 1. The minimum Gasteiger partial charge on any atom is -0.354 e. The monoisotopic (exact) mass is 380 g/mol. The van der Waals surface area contributed by atoms with E-state index in [1.807, 2.05) is 31.2 Å². The largest absolute Gasteiger partial charge is 0.418 e. The van der Waals surface area contributed by atoms with Gasteiger partial charge in [0.2, 0.25) is 0 Å². The maximum absolute atomic E-state index is 13.5. The van der Waals surface area contributed by atoms with Crippen molar-refractivity contribution in [1.29, 1.82) is 0 Å². The van der Waals surface area contributed by atoms with Crippen LogP contribution < -0.4 is 5.73 Å². The van der Waals surface area contributed by atoms with E-state index >= 15 is 0 Å². The van der Waals surface area contributed by atoms with E-state index in [4.69, 9.17) is 17.3 Å². The highest BCUT2D eigenvalue weighted by Gasteiger charge is 2.34. The van der Waals surface area contributed by atoms with Gasteiger partial charge in [-0.15, -0.1) is 0 Å². The Kier molecular flexibility index (Phi) is 5.30. The Bertz CT molecular complexity index is 929. The zero-order valence-electron chi connectivity index (χ0n) is 14.4. The van der Waals surface area contributed by atoms with Gasteiger partial charge in [-0.1, -0.05) is 35.4 Å². The van der Waals surface area contributed by atoms with Crippen LogP contribution in [-0.2, 0) is 12.6 Å². The minimum atomic E-state index is -4.48. The van der Waals surface area contributed by atoms with Crippen LogP contribution in [0.4, 0.5) is 13.2 Å². The number of hydrogen-bond donors (Lipinski definition) is 2.